The fourth-order valence-corrected chi connectivity index (χ4v) is 1.56. The lowest BCUT2D eigenvalue weighted by molar-refractivity contribution is -0.285. The minimum absolute atomic E-state index is 0.150. The van der Waals surface area contributed by atoms with Crippen molar-refractivity contribution in [3.63, 3.8) is 0 Å². The Balaban J connectivity index is 4.22. The van der Waals surface area contributed by atoms with E-state index in [9.17, 15) is 26.7 Å². The van der Waals surface area contributed by atoms with Gasteiger partial charge in [-0.1, -0.05) is 19.8 Å². The Bertz CT molecular complexity index is 305. The van der Waals surface area contributed by atoms with Crippen molar-refractivity contribution in [2.45, 2.75) is 64.2 Å². The molecule has 0 saturated carbocycles. The molecule has 0 aliphatic heterocycles. The molecule has 21 heavy (non-hydrogen) atoms. The lowest BCUT2D eigenvalue weighted by Crippen LogP contribution is -2.36. The van der Waals surface area contributed by atoms with E-state index in [-0.39, 0.29) is 13.2 Å². The molecule has 126 valence electrons. The van der Waals surface area contributed by atoms with Crippen LogP contribution in [0.15, 0.2) is 0 Å². The van der Waals surface area contributed by atoms with Crippen molar-refractivity contribution in [3.05, 3.63) is 0 Å². The first kappa shape index (κ1) is 20.1. The van der Waals surface area contributed by atoms with Crippen LogP contribution in [0.2, 0.25) is 0 Å². The lowest BCUT2D eigenvalue weighted by atomic mass is 10.1. The van der Waals surface area contributed by atoms with Crippen LogP contribution in [0.4, 0.5) is 22.0 Å². The van der Waals surface area contributed by atoms with Gasteiger partial charge in [0.1, 0.15) is 0 Å². The Kier molecular flexibility index (Phi) is 8.77. The average Bonchev–Trinajstić information content (AvgIpc) is 2.36. The van der Waals surface area contributed by atoms with Crippen LogP contribution in [0.3, 0.4) is 0 Å². The summed E-state index contributed by atoms with van der Waals surface area (Å²) in [5.41, 5.74) is 0. The maximum atomic E-state index is 12.7. The normalized spacial score (nSPS) is 14.0. The second kappa shape index (κ2) is 9.17. The largest absolute Gasteiger partial charge is 0.464 e. The van der Waals surface area contributed by atoms with E-state index in [2.05, 4.69) is 0 Å². The third-order valence-electron chi connectivity index (χ3n) is 2.74. The molecule has 0 bridgehead atoms. The summed E-state index contributed by atoms with van der Waals surface area (Å²) in [6, 6.07) is 0. The summed E-state index contributed by atoms with van der Waals surface area (Å²) in [5.74, 6) is -5.35. The summed E-state index contributed by atoms with van der Waals surface area (Å²) in [6.45, 7) is 3.31. The van der Waals surface area contributed by atoms with Crippen LogP contribution < -0.4 is 0 Å². The van der Waals surface area contributed by atoms with Crippen LogP contribution in [-0.4, -0.2) is 37.4 Å². The zero-order valence-corrected chi connectivity index (χ0v) is 12.1. The van der Waals surface area contributed by atoms with E-state index in [0.29, 0.717) is 12.8 Å². The third kappa shape index (κ3) is 7.59. The molecule has 0 spiro atoms. The fraction of sp³-hybridized carbons (Fsp3) is 0.923. The van der Waals surface area contributed by atoms with Crippen molar-refractivity contribution in [3.8, 4) is 0 Å². The molecule has 0 fully saturated rings. The lowest BCUT2D eigenvalue weighted by Gasteiger charge is -2.20. The maximum Gasteiger partial charge on any atom is 0.453 e. The molecule has 0 aliphatic carbocycles. The zero-order chi connectivity index (χ0) is 16.5. The van der Waals surface area contributed by atoms with E-state index in [1.54, 1.807) is 6.92 Å². The van der Waals surface area contributed by atoms with Crippen LogP contribution in [0.25, 0.3) is 0 Å². The second-order valence-corrected chi connectivity index (χ2v) is 4.56. The molecule has 0 aromatic carbocycles. The molecule has 0 aliphatic rings. The molecular weight excluding hydrogens is 299 g/mol. The smallest absolute Gasteiger partial charge is 0.453 e. The van der Waals surface area contributed by atoms with Crippen LogP contribution >= 0.6 is 0 Å². The molecule has 3 nitrogen and oxygen atoms in total. The standard InChI is InChI=1S/C13H21F5O3/c1-3-5-7-10(11(19)20-4-2)21-9-6-8-12(14,15)13(16,17)18/h10H,3-9H2,1-2H3. The Labute approximate surface area is 120 Å². The molecule has 0 heterocycles. The quantitative estimate of drug-likeness (QED) is 0.345. The van der Waals surface area contributed by atoms with Crippen LogP contribution in [0, 0.1) is 0 Å². The van der Waals surface area contributed by atoms with Gasteiger partial charge in [0.05, 0.1) is 6.61 Å². The number of unbranched alkanes of at least 4 members (excludes halogenated alkanes) is 1. The SMILES string of the molecule is CCCCC(OCCCC(F)(F)C(F)(F)F)C(=O)OCC. The molecule has 0 aromatic rings. The van der Waals surface area contributed by atoms with Crippen molar-refractivity contribution in [1.82, 2.24) is 0 Å². The topological polar surface area (TPSA) is 35.5 Å². The number of alkyl halides is 5. The molecule has 0 radical (unpaired) electrons. The highest BCUT2D eigenvalue weighted by Crippen LogP contribution is 2.38. The Morgan fingerprint density at radius 2 is 1.71 bits per heavy atom. The minimum atomic E-state index is -5.56. The van der Waals surface area contributed by atoms with E-state index in [1.165, 1.54) is 0 Å². The van der Waals surface area contributed by atoms with Gasteiger partial charge in [0.15, 0.2) is 6.10 Å². The molecule has 0 rings (SSSR count). The zero-order valence-electron chi connectivity index (χ0n) is 12.1. The van der Waals surface area contributed by atoms with Gasteiger partial charge in [0, 0.05) is 13.0 Å². The van der Waals surface area contributed by atoms with Gasteiger partial charge >= 0.3 is 18.1 Å². The van der Waals surface area contributed by atoms with Crippen molar-refractivity contribution >= 4 is 5.97 Å². The highest BCUT2D eigenvalue weighted by atomic mass is 19.4. The Hall–Kier alpha value is -0.920. The number of carbonyl (C=O) groups is 1. The molecule has 8 heteroatoms. The van der Waals surface area contributed by atoms with Gasteiger partial charge in [0.2, 0.25) is 0 Å². The molecule has 0 saturated heterocycles. The fourth-order valence-electron chi connectivity index (χ4n) is 1.56. The summed E-state index contributed by atoms with van der Waals surface area (Å²) in [5, 5.41) is 0. The second-order valence-electron chi connectivity index (χ2n) is 4.56. The summed E-state index contributed by atoms with van der Waals surface area (Å²) in [7, 11) is 0. The van der Waals surface area contributed by atoms with Gasteiger partial charge < -0.3 is 9.47 Å². The van der Waals surface area contributed by atoms with E-state index in [1.807, 2.05) is 6.92 Å². The van der Waals surface area contributed by atoms with Crippen LogP contribution in [0.5, 0.6) is 0 Å². The maximum absolute atomic E-state index is 12.7. The van der Waals surface area contributed by atoms with E-state index < -0.39 is 37.0 Å². The van der Waals surface area contributed by atoms with Gasteiger partial charge in [-0.15, -0.1) is 0 Å². The molecule has 1 atom stereocenters. The van der Waals surface area contributed by atoms with Gasteiger partial charge in [-0.3, -0.25) is 0 Å². The number of hydrogen-bond donors (Lipinski definition) is 0. The monoisotopic (exact) mass is 320 g/mol. The summed E-state index contributed by atoms with van der Waals surface area (Å²) in [4.78, 5) is 11.5. The van der Waals surface area contributed by atoms with Gasteiger partial charge in [0.25, 0.3) is 0 Å². The number of hydrogen-bond acceptors (Lipinski definition) is 3. The van der Waals surface area contributed by atoms with Crippen molar-refractivity contribution in [2.75, 3.05) is 13.2 Å². The average molecular weight is 320 g/mol. The van der Waals surface area contributed by atoms with Crippen molar-refractivity contribution in [1.29, 1.82) is 0 Å². The summed E-state index contributed by atoms with van der Waals surface area (Å²) < 4.78 is 71.0. The van der Waals surface area contributed by atoms with E-state index in [4.69, 9.17) is 9.47 Å². The number of ether oxygens (including phenoxy) is 2. The van der Waals surface area contributed by atoms with Crippen molar-refractivity contribution < 1.29 is 36.2 Å². The number of rotatable bonds is 10. The first-order valence-corrected chi connectivity index (χ1v) is 6.88. The van der Waals surface area contributed by atoms with Crippen LogP contribution in [0.1, 0.15) is 46.0 Å². The predicted molar refractivity (Wildman–Crippen MR) is 66.1 cm³/mol. The minimum Gasteiger partial charge on any atom is -0.464 e. The number of esters is 1. The van der Waals surface area contributed by atoms with Gasteiger partial charge in [-0.25, -0.2) is 4.79 Å². The molecule has 0 aromatic heterocycles. The summed E-state index contributed by atoms with van der Waals surface area (Å²) >= 11 is 0. The third-order valence-corrected chi connectivity index (χ3v) is 2.74. The molecule has 1 unspecified atom stereocenters. The molecule has 0 N–H and O–H groups in total. The number of carbonyl (C=O) groups excluding carboxylic acids is 1. The Morgan fingerprint density at radius 3 is 2.19 bits per heavy atom. The number of halogens is 5. The molecular formula is C13H21F5O3. The van der Waals surface area contributed by atoms with Crippen molar-refractivity contribution in [2.24, 2.45) is 0 Å². The van der Waals surface area contributed by atoms with E-state index >= 15 is 0 Å². The van der Waals surface area contributed by atoms with Gasteiger partial charge in [-0.05, 0) is 19.8 Å². The van der Waals surface area contributed by atoms with Gasteiger partial charge in [-0.2, -0.15) is 22.0 Å². The molecule has 0 amide bonds. The first-order chi connectivity index (χ1) is 9.65. The Morgan fingerprint density at radius 1 is 1.10 bits per heavy atom. The van der Waals surface area contributed by atoms with E-state index in [0.717, 1.165) is 6.42 Å². The first-order valence-electron chi connectivity index (χ1n) is 6.88. The highest BCUT2D eigenvalue weighted by molar-refractivity contribution is 5.74. The summed E-state index contributed by atoms with van der Waals surface area (Å²) in [6.07, 6.45) is -6.51. The van der Waals surface area contributed by atoms with Crippen LogP contribution in [-0.2, 0) is 14.3 Å². The highest BCUT2D eigenvalue weighted by Gasteiger charge is 2.56. The predicted octanol–water partition coefficient (Wildman–Crippen LogP) is 4.10.